The molecule has 0 saturated carbocycles. The number of hydrogen-bond acceptors (Lipinski definition) is 1. The van der Waals surface area contributed by atoms with Gasteiger partial charge in [-0.05, 0) is 0 Å². The average molecular weight is 204 g/mol. The highest BCUT2D eigenvalue weighted by atomic mass is 35.5. The fourth-order valence-corrected chi connectivity index (χ4v) is 0.611. The lowest BCUT2D eigenvalue weighted by molar-refractivity contribution is -0.167. The number of alkyl halides is 4. The van der Waals surface area contributed by atoms with Crippen LogP contribution in [0.2, 0.25) is 0 Å². The molecule has 0 aromatic heterocycles. The van der Waals surface area contributed by atoms with Crippen molar-refractivity contribution in [3.63, 3.8) is 0 Å². The molecule has 0 aliphatic carbocycles. The van der Waals surface area contributed by atoms with Gasteiger partial charge in [-0.3, -0.25) is 9.69 Å². The van der Waals surface area contributed by atoms with Gasteiger partial charge in [0.2, 0.25) is 5.91 Å². The zero-order chi connectivity index (χ0) is 10.2. The molecular formula is C6H9ClF3NO. The fraction of sp³-hybridized carbons (Fsp3) is 0.833. The quantitative estimate of drug-likeness (QED) is 0.497. The fourth-order valence-electron chi connectivity index (χ4n) is 0.492. The van der Waals surface area contributed by atoms with Gasteiger partial charge >= 0.3 is 11.2 Å². The van der Waals surface area contributed by atoms with Crippen molar-refractivity contribution >= 4 is 17.5 Å². The molecule has 2 nitrogen and oxygen atoms in total. The van der Waals surface area contributed by atoms with Gasteiger partial charge in [0.1, 0.15) is 0 Å². The Morgan fingerprint density at radius 1 is 1.42 bits per heavy atom. The number of carbonyl (C=O) groups is 1. The van der Waals surface area contributed by atoms with Crippen molar-refractivity contribution in [1.29, 1.82) is 0 Å². The second-order valence-corrected chi connectivity index (χ2v) is 3.01. The molecule has 0 aliphatic heterocycles. The Bertz CT molecular complexity index is 190. The molecule has 0 heterocycles. The maximum absolute atomic E-state index is 13.0. The van der Waals surface area contributed by atoms with E-state index < -0.39 is 17.1 Å². The minimum atomic E-state index is -3.80. The van der Waals surface area contributed by atoms with Crippen molar-refractivity contribution in [2.75, 3.05) is 7.05 Å². The summed E-state index contributed by atoms with van der Waals surface area (Å²) in [5.74, 6) is -4.66. The maximum Gasteiger partial charge on any atom is 0.324 e. The largest absolute Gasteiger partial charge is 0.324 e. The Balaban J connectivity index is 4.73. The lowest BCUT2D eigenvalue weighted by Crippen LogP contribution is -2.52. The van der Waals surface area contributed by atoms with Crippen LogP contribution in [0.5, 0.6) is 0 Å². The molecule has 0 rings (SSSR count). The van der Waals surface area contributed by atoms with E-state index in [2.05, 4.69) is 0 Å². The summed E-state index contributed by atoms with van der Waals surface area (Å²) in [4.78, 5) is 10.7. The van der Waals surface area contributed by atoms with E-state index in [0.29, 0.717) is 6.92 Å². The van der Waals surface area contributed by atoms with Gasteiger partial charge in [-0.2, -0.15) is 13.2 Å². The van der Waals surface area contributed by atoms with Crippen LogP contribution < -0.4 is 0 Å². The number of nitrogens with zero attached hydrogens (tertiary/aromatic N) is 1. The van der Waals surface area contributed by atoms with E-state index in [0.717, 1.165) is 14.0 Å². The summed E-state index contributed by atoms with van der Waals surface area (Å²) in [5.41, 5.74) is 0. The normalized spacial score (nSPS) is 16.9. The first-order valence-corrected chi connectivity index (χ1v) is 3.48. The van der Waals surface area contributed by atoms with Gasteiger partial charge < -0.3 is 0 Å². The molecule has 0 aromatic carbocycles. The molecule has 0 aliphatic rings. The Morgan fingerprint density at radius 2 is 1.75 bits per heavy atom. The molecule has 0 fully saturated rings. The third kappa shape index (κ3) is 2.03. The van der Waals surface area contributed by atoms with Gasteiger partial charge in [0, 0.05) is 20.9 Å². The molecule has 0 spiro atoms. The molecule has 0 aromatic rings. The highest BCUT2D eigenvalue weighted by Crippen LogP contribution is 2.37. The molecular weight excluding hydrogens is 195 g/mol. The van der Waals surface area contributed by atoms with Crippen LogP contribution in [0.4, 0.5) is 13.2 Å². The van der Waals surface area contributed by atoms with E-state index in [-0.39, 0.29) is 4.90 Å². The van der Waals surface area contributed by atoms with E-state index in [4.69, 9.17) is 11.6 Å². The summed E-state index contributed by atoms with van der Waals surface area (Å²) in [6, 6.07) is 0. The predicted octanol–water partition coefficient (Wildman–Crippen LogP) is 1.98. The molecule has 0 N–H and O–H groups in total. The summed E-state index contributed by atoms with van der Waals surface area (Å²) in [7, 11) is 0.868. The molecule has 1 amide bonds. The highest BCUT2D eigenvalue weighted by molar-refractivity contribution is 6.24. The van der Waals surface area contributed by atoms with E-state index in [1.807, 2.05) is 0 Å². The second kappa shape index (κ2) is 3.12. The zero-order valence-corrected chi connectivity index (χ0v) is 7.62. The Morgan fingerprint density at radius 3 is 1.83 bits per heavy atom. The number of hydrogen-bond donors (Lipinski definition) is 0. The number of carbonyl (C=O) groups excluding carboxylic acids is 1. The number of amides is 1. The van der Waals surface area contributed by atoms with Crippen molar-refractivity contribution < 1.29 is 18.0 Å². The van der Waals surface area contributed by atoms with Gasteiger partial charge in [0.05, 0.1) is 0 Å². The van der Waals surface area contributed by atoms with E-state index in [9.17, 15) is 18.0 Å². The second-order valence-electron chi connectivity index (χ2n) is 2.51. The summed E-state index contributed by atoms with van der Waals surface area (Å²) >= 11 is 4.85. The van der Waals surface area contributed by atoms with Crippen LogP contribution >= 0.6 is 11.6 Å². The first-order chi connectivity index (χ1) is 5.10. The van der Waals surface area contributed by atoms with Gasteiger partial charge in [0.25, 0.3) is 0 Å². The molecule has 1 unspecified atom stereocenters. The van der Waals surface area contributed by atoms with Gasteiger partial charge in [-0.15, -0.1) is 0 Å². The summed E-state index contributed by atoms with van der Waals surface area (Å²) in [5, 5.41) is -3.46. The van der Waals surface area contributed by atoms with Crippen LogP contribution in [0.15, 0.2) is 0 Å². The smallest absolute Gasteiger partial charge is 0.296 e. The van der Waals surface area contributed by atoms with Crippen molar-refractivity contribution in [2.24, 2.45) is 0 Å². The maximum atomic E-state index is 13.0. The van der Waals surface area contributed by atoms with Crippen LogP contribution in [0, 0.1) is 0 Å². The standard InChI is InChI=1S/C6H9ClF3NO/c1-4(12)11(3)6(7,10)5(2,8)9/h1-3H3. The molecule has 0 bridgehead atoms. The predicted molar refractivity (Wildman–Crippen MR) is 38.8 cm³/mol. The molecule has 12 heavy (non-hydrogen) atoms. The molecule has 1 atom stereocenters. The Labute approximate surface area is 73.3 Å². The van der Waals surface area contributed by atoms with Crippen molar-refractivity contribution in [1.82, 2.24) is 4.90 Å². The number of rotatable bonds is 2. The van der Waals surface area contributed by atoms with Crippen molar-refractivity contribution in [2.45, 2.75) is 25.0 Å². The molecule has 6 heteroatoms. The van der Waals surface area contributed by atoms with Gasteiger partial charge in [-0.25, -0.2) is 0 Å². The Hall–Kier alpha value is -0.450. The molecule has 0 saturated heterocycles. The first-order valence-electron chi connectivity index (χ1n) is 3.10. The highest BCUT2D eigenvalue weighted by Gasteiger charge is 2.54. The van der Waals surface area contributed by atoms with Gasteiger partial charge in [-0.1, -0.05) is 11.6 Å². The van der Waals surface area contributed by atoms with Crippen molar-refractivity contribution in [3.8, 4) is 0 Å². The average Bonchev–Trinajstić information content (AvgIpc) is 1.83. The number of halogens is 4. The van der Waals surface area contributed by atoms with Crippen LogP contribution in [-0.2, 0) is 4.79 Å². The summed E-state index contributed by atoms with van der Waals surface area (Å²) in [6.07, 6.45) is 0. The lowest BCUT2D eigenvalue weighted by Gasteiger charge is -2.32. The van der Waals surface area contributed by atoms with E-state index in [1.165, 1.54) is 0 Å². The molecule has 72 valence electrons. The topological polar surface area (TPSA) is 20.3 Å². The van der Waals surface area contributed by atoms with Crippen LogP contribution in [0.1, 0.15) is 13.8 Å². The van der Waals surface area contributed by atoms with Crippen LogP contribution in [0.25, 0.3) is 0 Å². The monoisotopic (exact) mass is 203 g/mol. The molecule has 0 radical (unpaired) electrons. The first kappa shape index (κ1) is 11.6. The third-order valence-electron chi connectivity index (χ3n) is 1.42. The van der Waals surface area contributed by atoms with Gasteiger partial charge in [0.15, 0.2) is 0 Å². The minimum Gasteiger partial charge on any atom is -0.296 e. The van der Waals surface area contributed by atoms with Crippen LogP contribution in [-0.4, -0.2) is 29.0 Å². The van der Waals surface area contributed by atoms with E-state index >= 15 is 0 Å². The summed E-state index contributed by atoms with van der Waals surface area (Å²) in [6.45, 7) is 1.25. The lowest BCUT2D eigenvalue weighted by atomic mass is 10.3. The Kier molecular flexibility index (Phi) is 3.01. The van der Waals surface area contributed by atoms with Crippen molar-refractivity contribution in [3.05, 3.63) is 0 Å². The van der Waals surface area contributed by atoms with E-state index in [1.54, 1.807) is 0 Å². The zero-order valence-electron chi connectivity index (χ0n) is 6.87. The van der Waals surface area contributed by atoms with Crippen LogP contribution in [0.3, 0.4) is 0 Å². The third-order valence-corrected chi connectivity index (χ3v) is 2.01. The summed E-state index contributed by atoms with van der Waals surface area (Å²) < 4.78 is 37.8. The minimum absolute atomic E-state index is 0.147. The SMILES string of the molecule is CC(=O)N(C)C(F)(Cl)C(C)(F)F.